The monoisotopic (exact) mass is 618 g/mol. The van der Waals surface area contributed by atoms with Gasteiger partial charge in [-0.2, -0.15) is 5.10 Å². The summed E-state index contributed by atoms with van der Waals surface area (Å²) in [5.41, 5.74) is 3.93. The molecule has 0 saturated carbocycles. The summed E-state index contributed by atoms with van der Waals surface area (Å²) in [6.07, 6.45) is 1.32. The van der Waals surface area contributed by atoms with E-state index in [0.717, 1.165) is 4.47 Å². The normalized spacial score (nSPS) is 10.6. The van der Waals surface area contributed by atoms with Crippen molar-refractivity contribution < 1.29 is 23.9 Å². The third kappa shape index (κ3) is 7.85. The van der Waals surface area contributed by atoms with Gasteiger partial charge in [0.05, 0.1) is 23.0 Å². The maximum Gasteiger partial charge on any atom is 0.343 e. The summed E-state index contributed by atoms with van der Waals surface area (Å²) in [5.74, 6) is -2.71. The van der Waals surface area contributed by atoms with Gasteiger partial charge in [0.15, 0.2) is 0 Å². The zero-order valence-electron chi connectivity index (χ0n) is 20.6. The highest BCUT2D eigenvalue weighted by atomic mass is 79.9. The van der Waals surface area contributed by atoms with E-state index < -0.39 is 23.7 Å². The zero-order chi connectivity index (χ0) is 28.5. The Morgan fingerprint density at radius 1 is 0.775 bits per heavy atom. The van der Waals surface area contributed by atoms with Crippen LogP contribution in [0.15, 0.2) is 107 Å². The number of anilines is 2. The molecule has 0 atom stereocenters. The molecule has 11 heteroatoms. The van der Waals surface area contributed by atoms with Crippen LogP contribution in [0.25, 0.3) is 0 Å². The summed E-state index contributed by atoms with van der Waals surface area (Å²) < 4.78 is 6.18. The van der Waals surface area contributed by atoms with Crippen LogP contribution in [0.5, 0.6) is 5.75 Å². The topological polar surface area (TPSA) is 126 Å². The van der Waals surface area contributed by atoms with E-state index in [1.54, 1.807) is 84.9 Å². The molecule has 4 aromatic rings. The fourth-order valence-corrected chi connectivity index (χ4v) is 3.68. The van der Waals surface area contributed by atoms with Crippen molar-refractivity contribution in [3.05, 3.63) is 123 Å². The number of carbonyl (C=O) groups excluding carboxylic acids is 4. The zero-order valence-corrected chi connectivity index (χ0v) is 22.9. The molecule has 3 amide bonds. The maximum atomic E-state index is 12.7. The van der Waals surface area contributed by atoms with Crippen LogP contribution >= 0.6 is 27.5 Å². The first kappa shape index (κ1) is 28.2. The van der Waals surface area contributed by atoms with Crippen molar-refractivity contribution >= 4 is 68.8 Å². The largest absolute Gasteiger partial charge is 0.423 e. The third-order valence-electron chi connectivity index (χ3n) is 5.28. The first-order chi connectivity index (χ1) is 19.3. The van der Waals surface area contributed by atoms with Gasteiger partial charge in [-0.3, -0.25) is 14.4 Å². The average molecular weight is 620 g/mol. The quantitative estimate of drug-likeness (QED) is 0.0809. The lowest BCUT2D eigenvalue weighted by Crippen LogP contribution is -2.33. The number of esters is 1. The molecule has 3 N–H and O–H groups in total. The molecule has 0 radical (unpaired) electrons. The highest BCUT2D eigenvalue weighted by Crippen LogP contribution is 2.19. The van der Waals surface area contributed by atoms with Gasteiger partial charge in [0.2, 0.25) is 0 Å². The lowest BCUT2D eigenvalue weighted by Gasteiger charge is -2.11. The molecule has 0 bridgehead atoms. The number of nitrogens with zero attached hydrogens (tertiary/aromatic N) is 1. The van der Waals surface area contributed by atoms with Gasteiger partial charge in [0, 0.05) is 15.2 Å². The van der Waals surface area contributed by atoms with E-state index in [9.17, 15) is 19.2 Å². The average Bonchev–Trinajstić information content (AvgIpc) is 2.95. The Kier molecular flexibility index (Phi) is 9.39. The van der Waals surface area contributed by atoms with Crippen molar-refractivity contribution in [1.29, 1.82) is 0 Å². The highest BCUT2D eigenvalue weighted by molar-refractivity contribution is 9.10. The molecular formula is C29H20BrClN4O5. The standard InChI is InChI=1S/C29H20BrClN4O5/c30-20-9-7-19(8-10-20)29(39)40-23-15-5-18(6-16-23)17-32-35-28(38)27(37)34-25-4-2-1-3-24(25)26(36)33-22-13-11-21(31)12-14-22/h1-17H,(H,33,36)(H,34,37)(H,35,38)/b32-17+. The molecule has 0 spiro atoms. The molecule has 0 aliphatic heterocycles. The van der Waals surface area contributed by atoms with E-state index in [2.05, 4.69) is 37.1 Å². The van der Waals surface area contributed by atoms with Crippen molar-refractivity contribution in [2.45, 2.75) is 0 Å². The molecule has 200 valence electrons. The number of nitrogens with one attached hydrogen (secondary N) is 3. The smallest absolute Gasteiger partial charge is 0.343 e. The molecule has 9 nitrogen and oxygen atoms in total. The summed E-state index contributed by atoms with van der Waals surface area (Å²) >= 11 is 9.18. The molecule has 0 fully saturated rings. The molecule has 0 heterocycles. The number of hydrogen-bond donors (Lipinski definition) is 3. The predicted molar refractivity (Wildman–Crippen MR) is 156 cm³/mol. The minimum absolute atomic E-state index is 0.145. The molecule has 0 unspecified atom stereocenters. The van der Waals surface area contributed by atoms with Crippen LogP contribution in [0.2, 0.25) is 5.02 Å². The molecule has 4 rings (SSSR count). The fraction of sp³-hybridized carbons (Fsp3) is 0. The minimum atomic E-state index is -1.04. The van der Waals surface area contributed by atoms with Crippen LogP contribution in [-0.4, -0.2) is 29.9 Å². The predicted octanol–water partition coefficient (Wildman–Crippen LogP) is 5.66. The van der Waals surface area contributed by atoms with Crippen molar-refractivity contribution in [2.75, 3.05) is 10.6 Å². The van der Waals surface area contributed by atoms with Gasteiger partial charge < -0.3 is 15.4 Å². The molecular weight excluding hydrogens is 600 g/mol. The molecule has 0 aliphatic carbocycles. The van der Waals surface area contributed by atoms with Crippen molar-refractivity contribution in [1.82, 2.24) is 5.43 Å². The van der Waals surface area contributed by atoms with Crippen LogP contribution in [0.4, 0.5) is 11.4 Å². The van der Waals surface area contributed by atoms with Gasteiger partial charge in [-0.25, -0.2) is 10.2 Å². The number of carbonyl (C=O) groups is 4. The number of hydrogen-bond acceptors (Lipinski definition) is 6. The second-order valence-corrected chi connectivity index (χ2v) is 9.48. The van der Waals surface area contributed by atoms with Gasteiger partial charge in [0.1, 0.15) is 5.75 Å². The first-order valence-corrected chi connectivity index (χ1v) is 12.8. The van der Waals surface area contributed by atoms with E-state index in [-0.39, 0.29) is 11.3 Å². The molecule has 4 aromatic carbocycles. The number of halogens is 2. The summed E-state index contributed by atoms with van der Waals surface area (Å²) in [5, 5.41) is 9.43. The summed E-state index contributed by atoms with van der Waals surface area (Å²) in [6, 6.07) is 25.9. The van der Waals surface area contributed by atoms with Crippen molar-refractivity contribution in [2.24, 2.45) is 5.10 Å². The number of amides is 3. The van der Waals surface area contributed by atoms with Crippen LogP contribution in [0, 0.1) is 0 Å². The number of ether oxygens (including phenoxy) is 1. The molecule has 0 aromatic heterocycles. The minimum Gasteiger partial charge on any atom is -0.423 e. The van der Waals surface area contributed by atoms with Crippen molar-refractivity contribution in [3.8, 4) is 5.75 Å². The van der Waals surface area contributed by atoms with Gasteiger partial charge in [-0.05, 0) is 90.5 Å². The number of benzene rings is 4. The van der Waals surface area contributed by atoms with Gasteiger partial charge >= 0.3 is 17.8 Å². The summed E-state index contributed by atoms with van der Waals surface area (Å²) in [6.45, 7) is 0. The second kappa shape index (κ2) is 13.3. The lowest BCUT2D eigenvalue weighted by atomic mass is 10.1. The molecule has 0 saturated heterocycles. The van der Waals surface area contributed by atoms with E-state index >= 15 is 0 Å². The van der Waals surface area contributed by atoms with Crippen LogP contribution in [0.1, 0.15) is 26.3 Å². The number of para-hydroxylation sites is 1. The highest BCUT2D eigenvalue weighted by Gasteiger charge is 2.18. The third-order valence-corrected chi connectivity index (χ3v) is 6.06. The Morgan fingerprint density at radius 2 is 1.45 bits per heavy atom. The maximum absolute atomic E-state index is 12.7. The Hall–Kier alpha value is -4.80. The fourth-order valence-electron chi connectivity index (χ4n) is 3.29. The van der Waals surface area contributed by atoms with E-state index in [0.29, 0.717) is 27.6 Å². The van der Waals surface area contributed by atoms with E-state index in [4.69, 9.17) is 16.3 Å². The van der Waals surface area contributed by atoms with Crippen LogP contribution < -0.4 is 20.8 Å². The lowest BCUT2D eigenvalue weighted by molar-refractivity contribution is -0.136. The Morgan fingerprint density at radius 3 is 2.15 bits per heavy atom. The van der Waals surface area contributed by atoms with E-state index in [1.165, 1.54) is 18.3 Å². The molecule has 0 aliphatic rings. The van der Waals surface area contributed by atoms with Gasteiger partial charge in [-0.1, -0.05) is 39.7 Å². The summed E-state index contributed by atoms with van der Waals surface area (Å²) in [7, 11) is 0. The Bertz CT molecular complexity index is 1570. The first-order valence-electron chi connectivity index (χ1n) is 11.7. The Labute approximate surface area is 242 Å². The summed E-state index contributed by atoms with van der Waals surface area (Å²) in [4.78, 5) is 49.6. The number of hydrazone groups is 1. The van der Waals surface area contributed by atoms with E-state index in [1.807, 2.05) is 0 Å². The van der Waals surface area contributed by atoms with Crippen LogP contribution in [-0.2, 0) is 9.59 Å². The second-order valence-electron chi connectivity index (χ2n) is 8.13. The molecule has 40 heavy (non-hydrogen) atoms. The van der Waals surface area contributed by atoms with Gasteiger partial charge in [0.25, 0.3) is 5.91 Å². The van der Waals surface area contributed by atoms with Crippen molar-refractivity contribution in [3.63, 3.8) is 0 Å². The SMILES string of the molecule is O=C(N/N=C/c1ccc(OC(=O)c2ccc(Br)cc2)cc1)C(=O)Nc1ccccc1C(=O)Nc1ccc(Cl)cc1. The number of rotatable bonds is 7. The van der Waals surface area contributed by atoms with Gasteiger partial charge in [-0.15, -0.1) is 0 Å². The Balaban J connectivity index is 1.30. The van der Waals surface area contributed by atoms with Crippen LogP contribution in [0.3, 0.4) is 0 Å².